The van der Waals surface area contributed by atoms with Gasteiger partial charge in [0.15, 0.2) is 0 Å². The molecule has 1 rings (SSSR count). The smallest absolute Gasteiger partial charge is 0.324 e. The van der Waals surface area contributed by atoms with Gasteiger partial charge < -0.3 is 4.74 Å². The molecule has 0 bridgehead atoms. The first kappa shape index (κ1) is 12.5. The van der Waals surface area contributed by atoms with Crippen LogP contribution in [0.1, 0.15) is 5.56 Å². The Bertz CT molecular complexity index is 370. The quantitative estimate of drug-likeness (QED) is 0.633. The zero-order valence-electron chi connectivity index (χ0n) is 7.97. The Morgan fingerprint density at radius 3 is 2.93 bits per heavy atom. The molecule has 2 nitrogen and oxygen atoms in total. The van der Waals surface area contributed by atoms with Crippen LogP contribution in [0.4, 0.5) is 4.39 Å². The summed E-state index contributed by atoms with van der Waals surface area (Å²) in [5, 5.41) is -0.862. The van der Waals surface area contributed by atoms with Crippen molar-refractivity contribution in [3.05, 3.63) is 34.1 Å². The van der Waals surface area contributed by atoms with Crippen molar-refractivity contribution in [2.24, 2.45) is 0 Å². The Labute approximate surface area is 101 Å². The van der Waals surface area contributed by atoms with Gasteiger partial charge in [0.1, 0.15) is 11.2 Å². The van der Waals surface area contributed by atoms with Crippen molar-refractivity contribution in [1.29, 1.82) is 0 Å². The molecule has 0 fully saturated rings. The minimum atomic E-state index is -0.862. The van der Waals surface area contributed by atoms with Gasteiger partial charge in [0.05, 0.1) is 7.11 Å². The van der Waals surface area contributed by atoms with Crippen molar-refractivity contribution in [2.45, 2.75) is 11.8 Å². The second-order valence-electron chi connectivity index (χ2n) is 2.93. The second-order valence-corrected chi connectivity index (χ2v) is 4.37. The molecule has 1 atom stereocenters. The van der Waals surface area contributed by atoms with Gasteiger partial charge in [-0.05, 0) is 23.8 Å². The van der Waals surface area contributed by atoms with Crippen LogP contribution < -0.4 is 0 Å². The molecule has 82 valence electrons. The number of ether oxygens (including phenoxy) is 1. The lowest BCUT2D eigenvalue weighted by Gasteiger charge is -2.08. The summed E-state index contributed by atoms with van der Waals surface area (Å²) < 4.78 is 18.5. The average Bonchev–Trinajstić information content (AvgIpc) is 2.22. The Balaban J connectivity index is 2.80. The summed E-state index contributed by atoms with van der Waals surface area (Å²) in [5.41, 5.74) is 0.384. The summed E-state index contributed by atoms with van der Waals surface area (Å²) in [5.74, 6) is -0.941. The minimum Gasteiger partial charge on any atom is -0.468 e. The Morgan fingerprint density at radius 2 is 2.33 bits per heavy atom. The molecule has 0 saturated carbocycles. The van der Waals surface area contributed by atoms with Crippen LogP contribution in [0.3, 0.4) is 0 Å². The van der Waals surface area contributed by atoms with Crippen LogP contribution in [0.15, 0.2) is 22.7 Å². The van der Waals surface area contributed by atoms with Crippen molar-refractivity contribution in [3.63, 3.8) is 0 Å². The molecule has 0 N–H and O–H groups in total. The van der Waals surface area contributed by atoms with Crippen LogP contribution in [-0.4, -0.2) is 18.5 Å². The molecule has 0 saturated heterocycles. The molecule has 1 unspecified atom stereocenters. The van der Waals surface area contributed by atoms with Gasteiger partial charge in [-0.25, -0.2) is 4.39 Å². The summed E-state index contributed by atoms with van der Waals surface area (Å²) in [4.78, 5) is 11.0. The average molecular weight is 296 g/mol. The monoisotopic (exact) mass is 294 g/mol. The predicted molar refractivity (Wildman–Crippen MR) is 59.5 cm³/mol. The third-order valence-electron chi connectivity index (χ3n) is 1.86. The molecule has 15 heavy (non-hydrogen) atoms. The molecular weight excluding hydrogens is 286 g/mol. The maximum atomic E-state index is 13.3. The number of hydrogen-bond acceptors (Lipinski definition) is 2. The van der Waals surface area contributed by atoms with Crippen LogP contribution in [0.25, 0.3) is 0 Å². The zero-order valence-corrected chi connectivity index (χ0v) is 10.3. The van der Waals surface area contributed by atoms with E-state index in [0.717, 1.165) is 4.47 Å². The van der Waals surface area contributed by atoms with Gasteiger partial charge in [0.2, 0.25) is 0 Å². The van der Waals surface area contributed by atoms with Crippen LogP contribution in [0.2, 0.25) is 0 Å². The summed E-state index contributed by atoms with van der Waals surface area (Å²) in [6.07, 6.45) is 0.111. The van der Waals surface area contributed by atoms with Gasteiger partial charge in [0.25, 0.3) is 0 Å². The van der Waals surface area contributed by atoms with Crippen molar-refractivity contribution >= 4 is 33.5 Å². The highest BCUT2D eigenvalue weighted by molar-refractivity contribution is 9.10. The van der Waals surface area contributed by atoms with Crippen molar-refractivity contribution < 1.29 is 13.9 Å². The third-order valence-corrected chi connectivity index (χ3v) is 2.69. The molecule has 0 radical (unpaired) electrons. The van der Waals surface area contributed by atoms with Gasteiger partial charge in [-0.15, -0.1) is 11.6 Å². The largest absolute Gasteiger partial charge is 0.468 e. The molecular formula is C10H9BrClFO2. The summed E-state index contributed by atoms with van der Waals surface area (Å²) >= 11 is 8.95. The van der Waals surface area contributed by atoms with Gasteiger partial charge in [0, 0.05) is 10.9 Å². The zero-order chi connectivity index (χ0) is 11.4. The third kappa shape index (κ3) is 3.47. The van der Waals surface area contributed by atoms with Crippen LogP contribution in [0.5, 0.6) is 0 Å². The molecule has 0 aliphatic carbocycles. The van der Waals surface area contributed by atoms with Gasteiger partial charge in [-0.1, -0.05) is 15.9 Å². The molecule has 0 heterocycles. The molecule has 0 amide bonds. The topological polar surface area (TPSA) is 26.3 Å². The standard InChI is InChI=1S/C10H9BrClFO2/c1-15-10(14)8(12)5-6-4-7(11)2-3-9(6)13/h2-4,8H,5H2,1H3. The number of esters is 1. The number of alkyl halides is 1. The summed E-state index contributed by atoms with van der Waals surface area (Å²) in [6.45, 7) is 0. The van der Waals surface area contributed by atoms with Crippen LogP contribution in [-0.2, 0) is 16.0 Å². The van der Waals surface area contributed by atoms with E-state index in [1.54, 1.807) is 12.1 Å². The van der Waals surface area contributed by atoms with Crippen molar-refractivity contribution in [2.75, 3.05) is 7.11 Å². The number of methoxy groups -OCH3 is 1. The highest BCUT2D eigenvalue weighted by Gasteiger charge is 2.18. The fraction of sp³-hybridized carbons (Fsp3) is 0.300. The van der Waals surface area contributed by atoms with Gasteiger partial charge in [-0.2, -0.15) is 0 Å². The summed E-state index contributed by atoms with van der Waals surface area (Å²) in [6, 6.07) is 4.49. The Morgan fingerprint density at radius 1 is 1.67 bits per heavy atom. The van der Waals surface area contributed by atoms with E-state index in [0.29, 0.717) is 5.56 Å². The van der Waals surface area contributed by atoms with Gasteiger partial charge >= 0.3 is 5.97 Å². The number of halogens is 3. The maximum absolute atomic E-state index is 13.3. The lowest BCUT2D eigenvalue weighted by atomic mass is 10.1. The fourth-order valence-electron chi connectivity index (χ4n) is 1.10. The first-order chi connectivity index (χ1) is 7.04. The molecule has 0 aliphatic rings. The Hall–Kier alpha value is -0.610. The predicted octanol–water partition coefficient (Wildman–Crippen LogP) is 2.91. The van der Waals surface area contributed by atoms with Crippen LogP contribution >= 0.6 is 27.5 Å². The van der Waals surface area contributed by atoms with E-state index in [-0.39, 0.29) is 12.2 Å². The molecule has 1 aromatic carbocycles. The highest BCUT2D eigenvalue weighted by Crippen LogP contribution is 2.18. The maximum Gasteiger partial charge on any atom is 0.324 e. The van der Waals surface area contributed by atoms with E-state index in [1.165, 1.54) is 13.2 Å². The van der Waals surface area contributed by atoms with Crippen LogP contribution in [0, 0.1) is 5.82 Å². The first-order valence-electron chi connectivity index (χ1n) is 4.20. The number of carbonyl (C=O) groups is 1. The molecule has 0 aliphatic heterocycles. The van der Waals surface area contributed by atoms with E-state index in [2.05, 4.69) is 20.7 Å². The second kappa shape index (κ2) is 5.47. The van der Waals surface area contributed by atoms with E-state index in [1.807, 2.05) is 0 Å². The highest BCUT2D eigenvalue weighted by atomic mass is 79.9. The van der Waals surface area contributed by atoms with Crippen molar-refractivity contribution in [3.8, 4) is 0 Å². The minimum absolute atomic E-state index is 0.111. The Kier molecular flexibility index (Phi) is 4.54. The van der Waals surface area contributed by atoms with E-state index in [9.17, 15) is 9.18 Å². The fourth-order valence-corrected chi connectivity index (χ4v) is 1.77. The lowest BCUT2D eigenvalue weighted by Crippen LogP contribution is -2.19. The van der Waals surface area contributed by atoms with E-state index >= 15 is 0 Å². The number of benzene rings is 1. The number of hydrogen-bond donors (Lipinski definition) is 0. The lowest BCUT2D eigenvalue weighted by molar-refractivity contribution is -0.140. The normalized spacial score (nSPS) is 12.3. The van der Waals surface area contributed by atoms with E-state index < -0.39 is 11.3 Å². The molecule has 5 heteroatoms. The SMILES string of the molecule is COC(=O)C(Cl)Cc1cc(Br)ccc1F. The molecule has 0 spiro atoms. The van der Waals surface area contributed by atoms with Crippen molar-refractivity contribution in [1.82, 2.24) is 0 Å². The molecule has 0 aromatic heterocycles. The summed E-state index contributed by atoms with van der Waals surface area (Å²) in [7, 11) is 1.25. The van der Waals surface area contributed by atoms with E-state index in [4.69, 9.17) is 11.6 Å². The number of carbonyl (C=O) groups excluding carboxylic acids is 1. The first-order valence-corrected chi connectivity index (χ1v) is 5.43. The molecule has 1 aromatic rings. The van der Waals surface area contributed by atoms with Gasteiger partial charge in [-0.3, -0.25) is 4.79 Å². The number of rotatable bonds is 3.